The predicted octanol–water partition coefficient (Wildman–Crippen LogP) is 3.23. The van der Waals surface area contributed by atoms with Crippen molar-refractivity contribution < 1.29 is 9.59 Å². The zero-order valence-electron chi connectivity index (χ0n) is 12.7. The highest BCUT2D eigenvalue weighted by atomic mass is 79.9. The van der Waals surface area contributed by atoms with Gasteiger partial charge in [0.2, 0.25) is 5.91 Å². The molecule has 0 unspecified atom stereocenters. The SMILES string of the molecule is CC(C)(C)C(=O)N1CCCN(C(=O)c2ccc(Br)s2)CC1. The molecule has 2 heterocycles. The normalized spacial score (nSPS) is 16.8. The van der Waals surface area contributed by atoms with Crippen LogP contribution in [0.15, 0.2) is 15.9 Å². The van der Waals surface area contributed by atoms with Crippen molar-refractivity contribution in [1.29, 1.82) is 0 Å². The molecule has 1 aromatic rings. The molecule has 0 aromatic carbocycles. The smallest absolute Gasteiger partial charge is 0.264 e. The van der Waals surface area contributed by atoms with Gasteiger partial charge >= 0.3 is 0 Å². The third-order valence-electron chi connectivity index (χ3n) is 3.50. The van der Waals surface area contributed by atoms with Gasteiger partial charge in [-0.05, 0) is 34.5 Å². The van der Waals surface area contributed by atoms with E-state index in [4.69, 9.17) is 0 Å². The summed E-state index contributed by atoms with van der Waals surface area (Å²) < 4.78 is 0.963. The Kier molecular flexibility index (Phi) is 5.09. The van der Waals surface area contributed by atoms with E-state index in [9.17, 15) is 9.59 Å². The van der Waals surface area contributed by atoms with E-state index in [2.05, 4.69) is 15.9 Å². The summed E-state index contributed by atoms with van der Waals surface area (Å²) in [6, 6.07) is 3.74. The fourth-order valence-corrected chi connectivity index (χ4v) is 3.74. The highest BCUT2D eigenvalue weighted by molar-refractivity contribution is 9.11. The number of rotatable bonds is 1. The standard InChI is InChI=1S/C15H21BrN2O2S/c1-15(2,3)14(20)18-8-4-7-17(9-10-18)13(19)11-5-6-12(16)21-11/h5-6H,4,7-10H2,1-3H3. The maximum absolute atomic E-state index is 12.5. The maximum Gasteiger partial charge on any atom is 0.264 e. The van der Waals surface area contributed by atoms with E-state index in [0.29, 0.717) is 19.6 Å². The van der Waals surface area contributed by atoms with E-state index in [1.165, 1.54) is 11.3 Å². The molecule has 1 aliphatic heterocycles. The van der Waals surface area contributed by atoms with Gasteiger partial charge in [0.15, 0.2) is 0 Å². The van der Waals surface area contributed by atoms with Crippen LogP contribution in [0.4, 0.5) is 0 Å². The summed E-state index contributed by atoms with van der Waals surface area (Å²) in [6.07, 6.45) is 0.833. The minimum absolute atomic E-state index is 0.0655. The molecule has 1 aromatic heterocycles. The lowest BCUT2D eigenvalue weighted by Crippen LogP contribution is -2.42. The molecular formula is C15H21BrN2O2S. The average molecular weight is 373 g/mol. The maximum atomic E-state index is 12.5. The van der Waals surface area contributed by atoms with Crippen LogP contribution in [0, 0.1) is 5.41 Å². The van der Waals surface area contributed by atoms with Gasteiger partial charge in [-0.2, -0.15) is 0 Å². The number of hydrogen-bond acceptors (Lipinski definition) is 3. The van der Waals surface area contributed by atoms with Crippen LogP contribution in [0.2, 0.25) is 0 Å². The van der Waals surface area contributed by atoms with Crippen LogP contribution in [-0.4, -0.2) is 47.8 Å². The van der Waals surface area contributed by atoms with Gasteiger partial charge in [-0.15, -0.1) is 11.3 Å². The predicted molar refractivity (Wildman–Crippen MR) is 88.6 cm³/mol. The van der Waals surface area contributed by atoms with E-state index >= 15 is 0 Å². The largest absolute Gasteiger partial charge is 0.340 e. The Morgan fingerprint density at radius 3 is 2.29 bits per heavy atom. The monoisotopic (exact) mass is 372 g/mol. The van der Waals surface area contributed by atoms with Crippen molar-refractivity contribution in [2.45, 2.75) is 27.2 Å². The number of carbonyl (C=O) groups is 2. The lowest BCUT2D eigenvalue weighted by molar-refractivity contribution is -0.139. The van der Waals surface area contributed by atoms with Crippen molar-refractivity contribution in [3.8, 4) is 0 Å². The molecule has 0 spiro atoms. The molecule has 21 heavy (non-hydrogen) atoms. The number of amides is 2. The summed E-state index contributed by atoms with van der Waals surface area (Å²) in [5, 5.41) is 0. The van der Waals surface area contributed by atoms with Crippen LogP contribution in [0.5, 0.6) is 0 Å². The molecule has 1 aliphatic rings. The number of carbonyl (C=O) groups excluding carboxylic acids is 2. The zero-order chi connectivity index (χ0) is 15.6. The molecule has 0 saturated carbocycles. The second-order valence-electron chi connectivity index (χ2n) is 6.29. The fourth-order valence-electron chi connectivity index (χ4n) is 2.38. The molecule has 2 amide bonds. The van der Waals surface area contributed by atoms with Crippen LogP contribution in [0.1, 0.15) is 36.9 Å². The molecule has 0 N–H and O–H groups in total. The topological polar surface area (TPSA) is 40.6 Å². The van der Waals surface area contributed by atoms with Crippen LogP contribution in [0.3, 0.4) is 0 Å². The number of nitrogens with zero attached hydrogens (tertiary/aromatic N) is 2. The van der Waals surface area contributed by atoms with Crippen molar-refractivity contribution in [1.82, 2.24) is 9.80 Å². The quantitative estimate of drug-likeness (QED) is 0.758. The lowest BCUT2D eigenvalue weighted by atomic mass is 9.94. The minimum Gasteiger partial charge on any atom is -0.340 e. The summed E-state index contributed by atoms with van der Waals surface area (Å²) in [5.74, 6) is 0.228. The molecule has 1 fully saturated rings. The first-order chi connectivity index (χ1) is 9.79. The van der Waals surface area contributed by atoms with Crippen molar-refractivity contribution in [3.63, 3.8) is 0 Å². The van der Waals surface area contributed by atoms with Crippen LogP contribution in [0.25, 0.3) is 0 Å². The van der Waals surface area contributed by atoms with Crippen molar-refractivity contribution >= 4 is 39.1 Å². The van der Waals surface area contributed by atoms with Crippen molar-refractivity contribution in [2.24, 2.45) is 5.41 Å². The third kappa shape index (κ3) is 4.07. The van der Waals surface area contributed by atoms with Gasteiger partial charge in [0.05, 0.1) is 8.66 Å². The molecule has 1 saturated heterocycles. The van der Waals surface area contributed by atoms with Gasteiger partial charge in [-0.1, -0.05) is 20.8 Å². The molecule has 6 heteroatoms. The van der Waals surface area contributed by atoms with E-state index in [1.807, 2.05) is 42.7 Å². The number of thiophene rings is 1. The summed E-state index contributed by atoms with van der Waals surface area (Å²) in [5.41, 5.74) is -0.363. The van der Waals surface area contributed by atoms with Gasteiger partial charge in [0.1, 0.15) is 0 Å². The van der Waals surface area contributed by atoms with E-state index in [0.717, 1.165) is 21.6 Å². The average Bonchev–Trinajstić information content (AvgIpc) is 2.71. The van der Waals surface area contributed by atoms with Gasteiger partial charge in [0.25, 0.3) is 5.91 Å². The lowest BCUT2D eigenvalue weighted by Gasteiger charge is -2.28. The van der Waals surface area contributed by atoms with Gasteiger partial charge in [-0.25, -0.2) is 0 Å². The highest BCUT2D eigenvalue weighted by Gasteiger charge is 2.29. The Hall–Kier alpha value is -0.880. The first-order valence-electron chi connectivity index (χ1n) is 7.13. The molecular weight excluding hydrogens is 352 g/mol. The second kappa shape index (κ2) is 6.48. The highest BCUT2D eigenvalue weighted by Crippen LogP contribution is 2.24. The first kappa shape index (κ1) is 16.5. The Balaban J connectivity index is 2.01. The Labute approximate surface area is 138 Å². The minimum atomic E-state index is -0.363. The summed E-state index contributed by atoms with van der Waals surface area (Å²) in [7, 11) is 0. The summed E-state index contributed by atoms with van der Waals surface area (Å²) in [6.45, 7) is 8.48. The van der Waals surface area contributed by atoms with Gasteiger partial charge in [-0.3, -0.25) is 9.59 Å². The van der Waals surface area contributed by atoms with E-state index < -0.39 is 0 Å². The first-order valence-corrected chi connectivity index (χ1v) is 8.74. The van der Waals surface area contributed by atoms with Gasteiger partial charge in [0, 0.05) is 31.6 Å². The second-order valence-corrected chi connectivity index (χ2v) is 8.75. The zero-order valence-corrected chi connectivity index (χ0v) is 15.1. The Morgan fingerprint density at radius 1 is 1.10 bits per heavy atom. The summed E-state index contributed by atoms with van der Waals surface area (Å²) >= 11 is 4.84. The van der Waals surface area contributed by atoms with Crippen LogP contribution >= 0.6 is 27.3 Å². The van der Waals surface area contributed by atoms with Gasteiger partial charge < -0.3 is 9.80 Å². The Morgan fingerprint density at radius 2 is 1.71 bits per heavy atom. The molecule has 116 valence electrons. The van der Waals surface area contributed by atoms with Crippen LogP contribution < -0.4 is 0 Å². The third-order valence-corrected chi connectivity index (χ3v) is 5.11. The fraction of sp³-hybridized carbons (Fsp3) is 0.600. The van der Waals surface area contributed by atoms with E-state index in [-0.39, 0.29) is 17.2 Å². The van der Waals surface area contributed by atoms with Crippen LogP contribution in [-0.2, 0) is 4.79 Å². The number of hydrogen-bond donors (Lipinski definition) is 0. The molecule has 2 rings (SSSR count). The van der Waals surface area contributed by atoms with Crippen molar-refractivity contribution in [2.75, 3.05) is 26.2 Å². The molecule has 0 atom stereocenters. The number of halogens is 1. The molecule has 0 radical (unpaired) electrons. The molecule has 0 aliphatic carbocycles. The van der Waals surface area contributed by atoms with E-state index in [1.54, 1.807) is 0 Å². The molecule has 0 bridgehead atoms. The van der Waals surface area contributed by atoms with Crippen molar-refractivity contribution in [3.05, 3.63) is 20.8 Å². The summed E-state index contributed by atoms with van der Waals surface area (Å²) in [4.78, 5) is 29.3. The Bertz CT molecular complexity index is 536. The molecule has 4 nitrogen and oxygen atoms in total.